The highest BCUT2D eigenvalue weighted by atomic mass is 19.4. The van der Waals surface area contributed by atoms with Crippen LogP contribution in [0.2, 0.25) is 0 Å². The highest BCUT2D eigenvalue weighted by molar-refractivity contribution is 6.04. The Balaban J connectivity index is 1.74. The van der Waals surface area contributed by atoms with Crippen LogP contribution in [-0.2, 0) is 11.0 Å². The molecule has 0 bridgehead atoms. The van der Waals surface area contributed by atoms with Crippen molar-refractivity contribution >= 4 is 23.2 Å². The summed E-state index contributed by atoms with van der Waals surface area (Å²) in [5.41, 5.74) is 0.122. The number of carbonyl (C=O) groups excluding carboxylic acids is 2. The number of amides is 2. The van der Waals surface area contributed by atoms with Gasteiger partial charge in [-0.15, -0.1) is 0 Å². The molecular formula is C26H24F4N2O3. The lowest BCUT2D eigenvalue weighted by molar-refractivity contribution is -0.137. The van der Waals surface area contributed by atoms with E-state index < -0.39 is 41.7 Å². The number of carbonyl (C=O) groups is 2. The zero-order chi connectivity index (χ0) is 25.8. The highest BCUT2D eigenvalue weighted by Gasteiger charge is 2.34. The van der Waals surface area contributed by atoms with Crippen molar-refractivity contribution < 1.29 is 31.9 Å². The summed E-state index contributed by atoms with van der Waals surface area (Å²) in [5, 5.41) is 4.57. The Morgan fingerprint density at radius 1 is 0.943 bits per heavy atom. The van der Waals surface area contributed by atoms with Crippen molar-refractivity contribution in [3.05, 3.63) is 88.7 Å². The Morgan fingerprint density at radius 3 is 2.26 bits per heavy atom. The van der Waals surface area contributed by atoms with Crippen molar-refractivity contribution in [3.63, 3.8) is 0 Å². The molecule has 0 atom stereocenters. The van der Waals surface area contributed by atoms with E-state index in [1.165, 1.54) is 18.2 Å². The molecule has 0 unspecified atom stereocenters. The number of benzene rings is 3. The standard InChI is InChI=1S/C26H24F4N2O3/c1-15(2)20-10-4-16(3)12-23(20)35-14-24(33)32-22-11-9-19(13-21(22)26(28,29)30)31-25(34)17-5-7-18(27)8-6-17/h4-13,15H,14H2,1-3H3,(H,31,34)(H,32,33). The summed E-state index contributed by atoms with van der Waals surface area (Å²) in [5.74, 6) is -1.40. The topological polar surface area (TPSA) is 67.4 Å². The van der Waals surface area contributed by atoms with Gasteiger partial charge in [0, 0.05) is 11.3 Å². The van der Waals surface area contributed by atoms with Crippen LogP contribution in [0.25, 0.3) is 0 Å². The van der Waals surface area contributed by atoms with Crippen molar-refractivity contribution in [2.75, 3.05) is 17.2 Å². The Kier molecular flexibility index (Phi) is 7.78. The van der Waals surface area contributed by atoms with Gasteiger partial charge in [0.25, 0.3) is 11.8 Å². The van der Waals surface area contributed by atoms with Gasteiger partial charge in [-0.05, 0) is 72.5 Å². The monoisotopic (exact) mass is 488 g/mol. The van der Waals surface area contributed by atoms with Gasteiger partial charge in [-0.1, -0.05) is 26.0 Å². The summed E-state index contributed by atoms with van der Waals surface area (Å²) in [6.45, 7) is 5.31. The lowest BCUT2D eigenvalue weighted by Crippen LogP contribution is -2.23. The van der Waals surface area contributed by atoms with Crippen molar-refractivity contribution in [2.45, 2.75) is 32.9 Å². The zero-order valence-corrected chi connectivity index (χ0v) is 19.3. The van der Waals surface area contributed by atoms with Gasteiger partial charge < -0.3 is 15.4 Å². The Labute approximate surface area is 200 Å². The maximum atomic E-state index is 13.7. The molecular weight excluding hydrogens is 464 g/mol. The quantitative estimate of drug-likeness (QED) is 0.371. The van der Waals surface area contributed by atoms with Crippen molar-refractivity contribution in [2.24, 2.45) is 0 Å². The summed E-state index contributed by atoms with van der Waals surface area (Å²) in [7, 11) is 0. The molecule has 35 heavy (non-hydrogen) atoms. The molecule has 0 spiro atoms. The van der Waals surface area contributed by atoms with E-state index in [0.717, 1.165) is 35.4 Å². The Bertz CT molecular complexity index is 1220. The molecule has 0 aromatic heterocycles. The molecule has 0 radical (unpaired) electrons. The van der Waals surface area contributed by atoms with E-state index in [9.17, 15) is 27.2 Å². The summed E-state index contributed by atoms with van der Waals surface area (Å²) in [6.07, 6.45) is -4.80. The summed E-state index contributed by atoms with van der Waals surface area (Å²) >= 11 is 0. The molecule has 0 aliphatic carbocycles. The molecule has 3 aromatic rings. The second-order valence-corrected chi connectivity index (χ2v) is 8.25. The molecule has 0 saturated heterocycles. The second kappa shape index (κ2) is 10.6. The normalized spacial score (nSPS) is 11.3. The number of hydrogen-bond donors (Lipinski definition) is 2. The third-order valence-electron chi connectivity index (χ3n) is 5.11. The number of rotatable bonds is 7. The molecule has 0 saturated carbocycles. The Hall–Kier alpha value is -3.88. The smallest absolute Gasteiger partial charge is 0.418 e. The van der Waals surface area contributed by atoms with Crippen LogP contribution < -0.4 is 15.4 Å². The highest BCUT2D eigenvalue weighted by Crippen LogP contribution is 2.37. The molecule has 3 rings (SSSR count). The number of halogens is 4. The molecule has 3 aromatic carbocycles. The first-order chi connectivity index (χ1) is 16.4. The number of hydrogen-bond acceptors (Lipinski definition) is 3. The van der Waals surface area contributed by atoms with Crippen LogP contribution in [0.4, 0.5) is 28.9 Å². The van der Waals surface area contributed by atoms with E-state index in [1.54, 1.807) is 6.07 Å². The van der Waals surface area contributed by atoms with Gasteiger partial charge in [0.2, 0.25) is 0 Å². The molecule has 0 aliphatic rings. The fourth-order valence-electron chi connectivity index (χ4n) is 3.34. The van der Waals surface area contributed by atoms with Crippen LogP contribution in [0.1, 0.15) is 46.8 Å². The third-order valence-corrected chi connectivity index (χ3v) is 5.11. The molecule has 0 heterocycles. The largest absolute Gasteiger partial charge is 0.483 e. The molecule has 5 nitrogen and oxygen atoms in total. The molecule has 9 heteroatoms. The van der Waals surface area contributed by atoms with Crippen LogP contribution in [0.5, 0.6) is 5.75 Å². The summed E-state index contributed by atoms with van der Waals surface area (Å²) < 4.78 is 59.7. The van der Waals surface area contributed by atoms with Crippen molar-refractivity contribution in [1.29, 1.82) is 0 Å². The second-order valence-electron chi connectivity index (χ2n) is 8.25. The van der Waals surface area contributed by atoms with Crippen LogP contribution in [0.15, 0.2) is 60.7 Å². The fraction of sp³-hybridized carbons (Fsp3) is 0.231. The lowest BCUT2D eigenvalue weighted by atomic mass is 10.0. The SMILES string of the molecule is Cc1ccc(C(C)C)c(OCC(=O)Nc2ccc(NC(=O)c3ccc(F)cc3)cc2C(F)(F)F)c1. The maximum absolute atomic E-state index is 13.7. The van der Waals surface area contributed by atoms with Gasteiger partial charge in [0.1, 0.15) is 11.6 Å². The fourth-order valence-corrected chi connectivity index (χ4v) is 3.34. The number of nitrogens with one attached hydrogen (secondary N) is 2. The minimum Gasteiger partial charge on any atom is -0.483 e. The average molecular weight is 488 g/mol. The lowest BCUT2D eigenvalue weighted by Gasteiger charge is -2.17. The summed E-state index contributed by atoms with van der Waals surface area (Å²) in [6, 6.07) is 13.1. The first kappa shape index (κ1) is 25.7. The predicted molar refractivity (Wildman–Crippen MR) is 125 cm³/mol. The molecule has 2 amide bonds. The van der Waals surface area contributed by atoms with Crippen molar-refractivity contribution in [1.82, 2.24) is 0 Å². The first-order valence-corrected chi connectivity index (χ1v) is 10.8. The van der Waals surface area contributed by atoms with Crippen LogP contribution in [0, 0.1) is 12.7 Å². The predicted octanol–water partition coefficient (Wildman–Crippen LogP) is 6.55. The van der Waals surface area contributed by atoms with E-state index in [0.29, 0.717) is 5.75 Å². The number of ether oxygens (including phenoxy) is 1. The third kappa shape index (κ3) is 6.81. The molecule has 184 valence electrons. The number of aryl methyl sites for hydroxylation is 1. The van der Waals surface area contributed by atoms with Gasteiger partial charge in [-0.25, -0.2) is 4.39 Å². The van der Waals surface area contributed by atoms with Gasteiger partial charge in [0.05, 0.1) is 11.3 Å². The zero-order valence-electron chi connectivity index (χ0n) is 19.3. The molecule has 2 N–H and O–H groups in total. The van der Waals surface area contributed by atoms with Gasteiger partial charge in [-0.3, -0.25) is 9.59 Å². The Morgan fingerprint density at radius 2 is 1.63 bits per heavy atom. The molecule has 0 aliphatic heterocycles. The van der Waals surface area contributed by atoms with Crippen LogP contribution >= 0.6 is 0 Å². The van der Waals surface area contributed by atoms with Crippen LogP contribution in [0.3, 0.4) is 0 Å². The minimum atomic E-state index is -4.80. The van der Waals surface area contributed by atoms with E-state index in [4.69, 9.17) is 4.74 Å². The van der Waals surface area contributed by atoms with Crippen LogP contribution in [-0.4, -0.2) is 18.4 Å². The van der Waals surface area contributed by atoms with E-state index >= 15 is 0 Å². The van der Waals surface area contributed by atoms with E-state index in [-0.39, 0.29) is 17.2 Å². The van der Waals surface area contributed by atoms with Gasteiger partial charge in [-0.2, -0.15) is 13.2 Å². The first-order valence-electron chi connectivity index (χ1n) is 10.8. The van der Waals surface area contributed by atoms with Crippen molar-refractivity contribution in [3.8, 4) is 5.75 Å². The van der Waals surface area contributed by atoms with E-state index in [1.807, 2.05) is 32.9 Å². The summed E-state index contributed by atoms with van der Waals surface area (Å²) in [4.78, 5) is 24.7. The van der Waals surface area contributed by atoms with Gasteiger partial charge >= 0.3 is 6.18 Å². The number of alkyl halides is 3. The molecule has 0 fully saturated rings. The van der Waals surface area contributed by atoms with E-state index in [2.05, 4.69) is 10.6 Å². The minimum absolute atomic E-state index is 0.0754. The average Bonchev–Trinajstić information content (AvgIpc) is 2.78. The maximum Gasteiger partial charge on any atom is 0.418 e. The number of anilines is 2. The van der Waals surface area contributed by atoms with Gasteiger partial charge in [0.15, 0.2) is 6.61 Å².